The van der Waals surface area contributed by atoms with Crippen LogP contribution in [0.25, 0.3) is 0 Å². The highest BCUT2D eigenvalue weighted by molar-refractivity contribution is 7.92. The van der Waals surface area contributed by atoms with Gasteiger partial charge >= 0.3 is 0 Å². The number of carbonyl (C=O) groups excluding carboxylic acids is 1. The van der Waals surface area contributed by atoms with E-state index < -0.39 is 10.0 Å². The summed E-state index contributed by atoms with van der Waals surface area (Å²) in [5.41, 5.74) is 2.23. The fourth-order valence-electron chi connectivity index (χ4n) is 3.85. The number of aryl methyl sites for hydroxylation is 1. The van der Waals surface area contributed by atoms with Crippen LogP contribution >= 0.6 is 11.6 Å². The number of carbonyl (C=O) groups is 1. The number of halogens is 2. The van der Waals surface area contributed by atoms with Crippen molar-refractivity contribution in [3.8, 4) is 0 Å². The van der Waals surface area contributed by atoms with E-state index in [0.717, 1.165) is 5.56 Å². The molecule has 3 aromatic carbocycles. The summed E-state index contributed by atoms with van der Waals surface area (Å²) in [4.78, 5) is 14.6. The van der Waals surface area contributed by atoms with E-state index in [9.17, 15) is 17.6 Å². The lowest BCUT2D eigenvalue weighted by molar-refractivity contribution is 0.0783. The molecule has 4 rings (SSSR count). The summed E-state index contributed by atoms with van der Waals surface area (Å²) in [5.74, 6) is -0.616. The third-order valence-corrected chi connectivity index (χ3v) is 7.60. The van der Waals surface area contributed by atoms with E-state index >= 15 is 0 Å². The zero-order valence-corrected chi connectivity index (χ0v) is 19.0. The van der Waals surface area contributed by atoms with Crippen LogP contribution in [-0.2, 0) is 23.0 Å². The Morgan fingerprint density at radius 1 is 1.09 bits per heavy atom. The number of rotatable bonds is 5. The zero-order valence-electron chi connectivity index (χ0n) is 17.5. The van der Waals surface area contributed by atoms with Gasteiger partial charge in [0.25, 0.3) is 15.9 Å². The van der Waals surface area contributed by atoms with Crippen LogP contribution in [0.5, 0.6) is 0 Å². The van der Waals surface area contributed by atoms with E-state index in [1.165, 1.54) is 27.4 Å². The van der Waals surface area contributed by atoms with Crippen LogP contribution in [0.1, 0.15) is 27.9 Å². The second-order valence-electron chi connectivity index (χ2n) is 7.73. The smallest absolute Gasteiger partial charge is 0.264 e. The lowest BCUT2D eigenvalue weighted by Crippen LogP contribution is -2.35. The molecule has 0 spiro atoms. The molecule has 8 heteroatoms. The number of benzene rings is 3. The monoisotopic (exact) mass is 472 g/mol. The Bertz CT molecular complexity index is 1260. The van der Waals surface area contributed by atoms with Crippen molar-refractivity contribution in [2.45, 2.75) is 24.3 Å². The van der Waals surface area contributed by atoms with Gasteiger partial charge in [-0.15, -0.1) is 0 Å². The van der Waals surface area contributed by atoms with Crippen LogP contribution in [-0.4, -0.2) is 32.8 Å². The fourth-order valence-corrected chi connectivity index (χ4v) is 5.52. The molecule has 0 unspecified atom stereocenters. The lowest BCUT2D eigenvalue weighted by atomic mass is 10.00. The molecular weight excluding hydrogens is 451 g/mol. The third-order valence-electron chi connectivity index (χ3n) is 5.52. The molecule has 0 aliphatic carbocycles. The van der Waals surface area contributed by atoms with Crippen molar-refractivity contribution in [3.63, 3.8) is 0 Å². The number of fused-ring (bicyclic) bond motifs is 1. The predicted octanol–water partition coefficient (Wildman–Crippen LogP) is 4.89. The maximum atomic E-state index is 14.0. The van der Waals surface area contributed by atoms with Crippen LogP contribution < -0.4 is 4.31 Å². The van der Waals surface area contributed by atoms with E-state index in [1.807, 2.05) is 0 Å². The lowest BCUT2D eigenvalue weighted by Gasteiger charge is -2.31. The Morgan fingerprint density at radius 3 is 2.53 bits per heavy atom. The molecule has 1 aliphatic rings. The summed E-state index contributed by atoms with van der Waals surface area (Å²) in [7, 11) is -2.13. The first-order valence-electron chi connectivity index (χ1n) is 10.2. The van der Waals surface area contributed by atoms with Crippen molar-refractivity contribution in [2.75, 3.05) is 17.9 Å². The van der Waals surface area contributed by atoms with Crippen molar-refractivity contribution in [2.24, 2.45) is 0 Å². The number of hydrogen-bond donors (Lipinski definition) is 0. The first-order valence-corrected chi connectivity index (χ1v) is 12.0. The number of amides is 1. The highest BCUT2D eigenvalue weighted by Gasteiger charge is 2.29. The largest absolute Gasteiger partial charge is 0.337 e. The number of sulfonamides is 1. The average molecular weight is 473 g/mol. The molecule has 3 aromatic rings. The van der Waals surface area contributed by atoms with E-state index in [1.54, 1.807) is 55.6 Å². The SMILES string of the molecule is CN(Cc1ccccc1F)C(=O)c1ccc2c(c1)CCCN2S(=O)(=O)c1ccc(Cl)cc1. The van der Waals surface area contributed by atoms with E-state index in [0.29, 0.717) is 41.2 Å². The Labute approximate surface area is 192 Å². The Morgan fingerprint density at radius 2 is 1.81 bits per heavy atom. The topological polar surface area (TPSA) is 57.7 Å². The maximum absolute atomic E-state index is 14.0. The minimum absolute atomic E-state index is 0.139. The van der Waals surface area contributed by atoms with Gasteiger partial charge in [0.1, 0.15) is 5.82 Å². The number of anilines is 1. The summed E-state index contributed by atoms with van der Waals surface area (Å²) in [6.45, 7) is 0.498. The highest BCUT2D eigenvalue weighted by atomic mass is 35.5. The Kier molecular flexibility index (Phi) is 6.22. The summed E-state index contributed by atoms with van der Waals surface area (Å²) in [5, 5.41) is 0.464. The average Bonchev–Trinajstić information content (AvgIpc) is 2.79. The summed E-state index contributed by atoms with van der Waals surface area (Å²) in [6.07, 6.45) is 1.31. The second kappa shape index (κ2) is 8.92. The van der Waals surface area contributed by atoms with Gasteiger partial charge in [-0.1, -0.05) is 29.8 Å². The Hall–Kier alpha value is -2.90. The molecular formula is C24H22ClFN2O3S. The molecule has 0 N–H and O–H groups in total. The van der Waals surface area contributed by atoms with Crippen molar-refractivity contribution < 1.29 is 17.6 Å². The summed E-state index contributed by atoms with van der Waals surface area (Å²) >= 11 is 5.90. The van der Waals surface area contributed by atoms with E-state index in [-0.39, 0.29) is 23.2 Å². The first-order chi connectivity index (χ1) is 15.3. The molecule has 0 aromatic heterocycles. The molecule has 1 aliphatic heterocycles. The summed E-state index contributed by atoms with van der Waals surface area (Å²) < 4.78 is 41.7. The molecule has 32 heavy (non-hydrogen) atoms. The van der Waals surface area contributed by atoms with Gasteiger partial charge in [-0.3, -0.25) is 9.10 Å². The van der Waals surface area contributed by atoms with Crippen molar-refractivity contribution in [1.82, 2.24) is 4.90 Å². The minimum atomic E-state index is -3.75. The van der Waals surface area contributed by atoms with Crippen LogP contribution in [0, 0.1) is 5.82 Å². The fraction of sp³-hybridized carbons (Fsp3) is 0.208. The number of nitrogens with zero attached hydrogens (tertiary/aromatic N) is 2. The second-order valence-corrected chi connectivity index (χ2v) is 10.0. The number of hydrogen-bond acceptors (Lipinski definition) is 3. The van der Waals surface area contributed by atoms with Gasteiger partial charge in [0.2, 0.25) is 0 Å². The molecule has 0 bridgehead atoms. The molecule has 0 saturated carbocycles. The van der Waals surface area contributed by atoms with Crippen LogP contribution in [0.15, 0.2) is 71.6 Å². The molecule has 1 amide bonds. The molecule has 1 heterocycles. The van der Waals surface area contributed by atoms with Gasteiger partial charge in [0.15, 0.2) is 0 Å². The van der Waals surface area contributed by atoms with Gasteiger partial charge in [0.05, 0.1) is 10.6 Å². The van der Waals surface area contributed by atoms with Gasteiger partial charge in [-0.25, -0.2) is 12.8 Å². The Balaban J connectivity index is 1.60. The van der Waals surface area contributed by atoms with Crippen LogP contribution in [0.2, 0.25) is 5.02 Å². The van der Waals surface area contributed by atoms with Crippen molar-refractivity contribution in [3.05, 3.63) is 94.3 Å². The zero-order chi connectivity index (χ0) is 22.9. The molecule has 0 saturated heterocycles. The van der Waals surface area contributed by atoms with Gasteiger partial charge in [-0.05, 0) is 66.9 Å². The third kappa shape index (κ3) is 4.36. The molecule has 0 atom stereocenters. The van der Waals surface area contributed by atoms with Crippen LogP contribution in [0.3, 0.4) is 0 Å². The van der Waals surface area contributed by atoms with E-state index in [2.05, 4.69) is 0 Å². The minimum Gasteiger partial charge on any atom is -0.337 e. The maximum Gasteiger partial charge on any atom is 0.264 e. The molecule has 166 valence electrons. The molecule has 0 fully saturated rings. The highest BCUT2D eigenvalue weighted by Crippen LogP contribution is 2.33. The molecule has 5 nitrogen and oxygen atoms in total. The van der Waals surface area contributed by atoms with Crippen molar-refractivity contribution in [1.29, 1.82) is 0 Å². The van der Waals surface area contributed by atoms with Gasteiger partial charge < -0.3 is 4.90 Å². The quantitative estimate of drug-likeness (QED) is 0.531. The first kappa shape index (κ1) is 22.3. The predicted molar refractivity (Wildman–Crippen MR) is 123 cm³/mol. The van der Waals surface area contributed by atoms with Crippen LogP contribution in [0.4, 0.5) is 10.1 Å². The van der Waals surface area contributed by atoms with Gasteiger partial charge in [0, 0.05) is 36.3 Å². The van der Waals surface area contributed by atoms with Gasteiger partial charge in [-0.2, -0.15) is 0 Å². The van der Waals surface area contributed by atoms with E-state index in [4.69, 9.17) is 11.6 Å². The normalized spacial score (nSPS) is 13.5. The summed E-state index contributed by atoms with van der Waals surface area (Å²) in [6, 6.07) is 17.4. The molecule has 0 radical (unpaired) electrons. The van der Waals surface area contributed by atoms with Crippen molar-refractivity contribution >= 4 is 33.2 Å². The standard InChI is InChI=1S/C24H22ClFN2O3S/c1-27(16-19-5-2-3-7-22(19)26)24(29)18-8-13-23-17(15-18)6-4-14-28(23)32(30,31)21-11-9-20(25)10-12-21/h2-3,5,7-13,15H,4,6,14,16H2,1H3.